The van der Waals surface area contributed by atoms with E-state index in [0.717, 1.165) is 6.07 Å². The van der Waals surface area contributed by atoms with E-state index in [0.29, 0.717) is 11.1 Å². The van der Waals surface area contributed by atoms with Crippen LogP contribution < -0.4 is 15.4 Å². The summed E-state index contributed by atoms with van der Waals surface area (Å²) >= 11 is 4.96. The van der Waals surface area contributed by atoms with Gasteiger partial charge in [-0.15, -0.1) is 0 Å². The smallest absolute Gasteiger partial charge is 0.413 e. The van der Waals surface area contributed by atoms with E-state index in [1.165, 1.54) is 24.5 Å². The lowest BCUT2D eigenvalue weighted by atomic mass is 10.1. The molecule has 0 aromatic carbocycles. The zero-order valence-corrected chi connectivity index (χ0v) is 18.4. The summed E-state index contributed by atoms with van der Waals surface area (Å²) in [6.45, 7) is 6.94. The summed E-state index contributed by atoms with van der Waals surface area (Å²) in [5.74, 6) is -0.831. The Hall–Kier alpha value is -2.70. The number of amides is 1. The molecule has 0 atom stereocenters. The van der Waals surface area contributed by atoms with Crippen LogP contribution in [0, 0.1) is 5.95 Å². The molecule has 0 radical (unpaired) electrons. The molecule has 2 heterocycles. The number of halogens is 1. The highest BCUT2D eigenvalue weighted by molar-refractivity contribution is 7.89. The fourth-order valence-electron chi connectivity index (χ4n) is 2.32. The van der Waals surface area contributed by atoms with Crippen LogP contribution in [-0.2, 0) is 14.8 Å². The lowest BCUT2D eigenvalue weighted by Gasteiger charge is -2.20. The van der Waals surface area contributed by atoms with Gasteiger partial charge >= 0.3 is 6.09 Å². The molecule has 3 N–H and O–H groups in total. The van der Waals surface area contributed by atoms with Gasteiger partial charge in [-0.2, -0.15) is 4.39 Å². The quantitative estimate of drug-likeness (QED) is 0.465. The van der Waals surface area contributed by atoms with Crippen LogP contribution in [0.4, 0.5) is 15.0 Å². The number of rotatable bonds is 5. The van der Waals surface area contributed by atoms with E-state index in [-0.39, 0.29) is 22.4 Å². The maximum absolute atomic E-state index is 14.0. The highest BCUT2D eigenvalue weighted by atomic mass is 32.2. The molecule has 0 saturated heterocycles. The van der Waals surface area contributed by atoms with Gasteiger partial charge in [0.05, 0.1) is 6.61 Å². The van der Waals surface area contributed by atoms with Crippen molar-refractivity contribution in [2.75, 3.05) is 11.9 Å². The zero-order chi connectivity index (χ0) is 22.5. The fraction of sp³-hybridized carbons (Fsp3) is 0.333. The molecule has 9 nitrogen and oxygen atoms in total. The monoisotopic (exact) mass is 455 g/mol. The second-order valence-corrected chi connectivity index (χ2v) is 9.22. The molecule has 0 fully saturated rings. The Balaban J connectivity index is 2.30. The van der Waals surface area contributed by atoms with Gasteiger partial charge in [-0.25, -0.2) is 22.9 Å². The molecule has 0 bridgehead atoms. The molecule has 0 unspecified atom stereocenters. The van der Waals surface area contributed by atoms with Crippen LogP contribution >= 0.6 is 12.2 Å². The predicted molar refractivity (Wildman–Crippen MR) is 114 cm³/mol. The number of carbonyl (C=O) groups excluding carboxylic acids is 1. The first-order chi connectivity index (χ1) is 13.9. The standard InChI is InChI=1S/C18H22FN5O4S2/c1-5-28-17(25)23-16(29)22-15-8-11(7-14(19)21-15)12-6-13(10-20-9-12)30(26,27)24-18(2,3)4/h6-10,24H,5H2,1-4H3,(H2,21,22,23,25,29). The number of thiocarbonyl (C=S) groups is 1. The van der Waals surface area contributed by atoms with Crippen molar-refractivity contribution in [1.29, 1.82) is 0 Å². The summed E-state index contributed by atoms with van der Waals surface area (Å²) < 4.78 is 46.4. The Morgan fingerprint density at radius 3 is 2.53 bits per heavy atom. The largest absolute Gasteiger partial charge is 0.450 e. The van der Waals surface area contributed by atoms with Gasteiger partial charge in [0.15, 0.2) is 5.11 Å². The molecule has 2 aromatic rings. The van der Waals surface area contributed by atoms with E-state index in [9.17, 15) is 17.6 Å². The Morgan fingerprint density at radius 2 is 1.90 bits per heavy atom. The molecule has 0 aliphatic heterocycles. The second kappa shape index (κ2) is 9.41. The van der Waals surface area contributed by atoms with Crippen molar-refractivity contribution in [2.45, 2.75) is 38.1 Å². The molecule has 0 aliphatic rings. The summed E-state index contributed by atoms with van der Waals surface area (Å²) in [6.07, 6.45) is 1.83. The summed E-state index contributed by atoms with van der Waals surface area (Å²) in [7, 11) is -3.83. The minimum absolute atomic E-state index is 0.00729. The average Bonchev–Trinajstić information content (AvgIpc) is 2.59. The van der Waals surface area contributed by atoms with Gasteiger partial charge in [0.25, 0.3) is 0 Å². The SMILES string of the molecule is CCOC(=O)NC(=S)Nc1cc(-c2cncc(S(=O)(=O)NC(C)(C)C)c2)cc(F)n1. The third-order valence-electron chi connectivity index (χ3n) is 3.32. The number of ether oxygens (including phenoxy) is 1. The molecule has 2 rings (SSSR count). The topological polar surface area (TPSA) is 122 Å². The summed E-state index contributed by atoms with van der Waals surface area (Å²) in [5, 5.41) is 4.69. The van der Waals surface area contributed by atoms with Crippen LogP contribution in [0.25, 0.3) is 11.1 Å². The lowest BCUT2D eigenvalue weighted by Crippen LogP contribution is -2.40. The first-order valence-corrected chi connectivity index (χ1v) is 10.7. The maximum atomic E-state index is 14.0. The normalized spacial score (nSPS) is 11.6. The minimum atomic E-state index is -3.83. The third kappa shape index (κ3) is 6.97. The maximum Gasteiger partial charge on any atom is 0.413 e. The van der Waals surface area contributed by atoms with Gasteiger partial charge in [-0.05, 0) is 57.6 Å². The molecule has 0 saturated carbocycles. The highest BCUT2D eigenvalue weighted by Gasteiger charge is 2.23. The molecule has 162 valence electrons. The minimum Gasteiger partial charge on any atom is -0.450 e. The summed E-state index contributed by atoms with van der Waals surface area (Å²) in [4.78, 5) is 19.0. The average molecular weight is 456 g/mol. The van der Waals surface area contributed by atoms with Crippen molar-refractivity contribution in [3.63, 3.8) is 0 Å². The van der Waals surface area contributed by atoms with Crippen LogP contribution in [-0.4, -0.2) is 41.7 Å². The first-order valence-electron chi connectivity index (χ1n) is 8.81. The van der Waals surface area contributed by atoms with Crippen LogP contribution in [0.5, 0.6) is 0 Å². The summed E-state index contributed by atoms with van der Waals surface area (Å²) in [6, 6.07) is 3.93. The van der Waals surface area contributed by atoms with E-state index < -0.39 is 27.6 Å². The van der Waals surface area contributed by atoms with Crippen LogP contribution in [0.2, 0.25) is 0 Å². The number of alkyl carbamates (subject to hydrolysis) is 1. The van der Waals surface area contributed by atoms with Crippen molar-refractivity contribution in [3.8, 4) is 11.1 Å². The van der Waals surface area contributed by atoms with Crippen LogP contribution in [0.3, 0.4) is 0 Å². The van der Waals surface area contributed by atoms with E-state index >= 15 is 0 Å². The Bertz CT molecular complexity index is 1050. The van der Waals surface area contributed by atoms with E-state index in [4.69, 9.17) is 17.0 Å². The van der Waals surface area contributed by atoms with Crippen molar-refractivity contribution < 1.29 is 22.3 Å². The molecular formula is C18H22FN5O4S2. The van der Waals surface area contributed by atoms with Crippen molar-refractivity contribution >= 4 is 39.3 Å². The highest BCUT2D eigenvalue weighted by Crippen LogP contribution is 2.24. The lowest BCUT2D eigenvalue weighted by molar-refractivity contribution is 0.158. The Labute approximate surface area is 179 Å². The Morgan fingerprint density at radius 1 is 1.20 bits per heavy atom. The number of hydrogen-bond donors (Lipinski definition) is 3. The second-order valence-electron chi connectivity index (χ2n) is 7.13. The fourth-order valence-corrected chi connectivity index (χ4v) is 3.91. The van der Waals surface area contributed by atoms with Gasteiger partial charge in [0, 0.05) is 29.6 Å². The number of aromatic nitrogens is 2. The van der Waals surface area contributed by atoms with Crippen molar-refractivity contribution in [1.82, 2.24) is 20.0 Å². The van der Waals surface area contributed by atoms with Gasteiger partial charge < -0.3 is 10.1 Å². The number of anilines is 1. The van der Waals surface area contributed by atoms with Gasteiger partial charge in [0.2, 0.25) is 16.0 Å². The van der Waals surface area contributed by atoms with E-state index in [1.54, 1.807) is 27.7 Å². The van der Waals surface area contributed by atoms with E-state index in [2.05, 4.69) is 25.3 Å². The van der Waals surface area contributed by atoms with Gasteiger partial charge in [0.1, 0.15) is 10.7 Å². The molecule has 0 spiro atoms. The molecular weight excluding hydrogens is 433 g/mol. The molecule has 0 aliphatic carbocycles. The summed E-state index contributed by atoms with van der Waals surface area (Å²) in [5.41, 5.74) is -0.0271. The van der Waals surface area contributed by atoms with E-state index in [1.807, 2.05) is 0 Å². The van der Waals surface area contributed by atoms with Crippen molar-refractivity contribution in [2.24, 2.45) is 0 Å². The molecule has 30 heavy (non-hydrogen) atoms. The predicted octanol–water partition coefficient (Wildman–Crippen LogP) is 2.80. The van der Waals surface area contributed by atoms with Crippen LogP contribution in [0.1, 0.15) is 27.7 Å². The number of pyridine rings is 2. The molecule has 12 heteroatoms. The molecule has 2 aromatic heterocycles. The number of nitrogens with one attached hydrogen (secondary N) is 3. The van der Waals surface area contributed by atoms with Gasteiger partial charge in [-0.1, -0.05) is 0 Å². The zero-order valence-electron chi connectivity index (χ0n) is 16.8. The van der Waals surface area contributed by atoms with Crippen LogP contribution in [0.15, 0.2) is 35.5 Å². The van der Waals surface area contributed by atoms with Gasteiger partial charge in [-0.3, -0.25) is 10.3 Å². The number of nitrogens with zero attached hydrogens (tertiary/aromatic N) is 2. The third-order valence-corrected chi connectivity index (χ3v) is 5.25. The Kier molecular flexibility index (Phi) is 7.39. The number of sulfonamides is 1. The van der Waals surface area contributed by atoms with Crippen molar-refractivity contribution in [3.05, 3.63) is 36.5 Å². The first kappa shape index (κ1) is 23.6. The number of carbonyl (C=O) groups is 1. The molecule has 1 amide bonds. The number of hydrogen-bond acceptors (Lipinski definition) is 7.